The summed E-state index contributed by atoms with van der Waals surface area (Å²) in [7, 11) is 0. The van der Waals surface area contributed by atoms with Crippen LogP contribution in [0.3, 0.4) is 0 Å². The van der Waals surface area contributed by atoms with Crippen molar-refractivity contribution < 1.29 is 5.21 Å². The number of piperidine rings is 1. The molecule has 0 aliphatic carbocycles. The molecular formula is C24H33NO. The Bertz CT molecular complexity index is 710. The normalized spacial score (nSPS) is 20.2. The summed E-state index contributed by atoms with van der Waals surface area (Å²) < 4.78 is 0. The summed E-state index contributed by atoms with van der Waals surface area (Å²) in [5.41, 5.74) is 4.93. The average Bonchev–Trinajstić information content (AvgIpc) is 2.60. The molecule has 0 saturated carbocycles. The molecule has 2 aromatic rings. The summed E-state index contributed by atoms with van der Waals surface area (Å²) in [5.74, 6) is 0.476. The standard InChI is InChI=1S/C24H33NO/c1-6-7-18-8-10-19(11-9-18)20-12-14-21(15-13-20)22-16-23(2,3)25(26)24(4,5)17-22/h8-15,22,26H,6-7,16-17H2,1-5H3. The predicted molar refractivity (Wildman–Crippen MR) is 110 cm³/mol. The van der Waals surface area contributed by atoms with E-state index >= 15 is 0 Å². The van der Waals surface area contributed by atoms with Gasteiger partial charge < -0.3 is 5.21 Å². The summed E-state index contributed by atoms with van der Waals surface area (Å²) in [6.45, 7) is 10.7. The third-order valence-electron chi connectivity index (χ3n) is 5.85. The molecule has 2 heteroatoms. The van der Waals surface area contributed by atoms with Gasteiger partial charge in [0.15, 0.2) is 0 Å². The van der Waals surface area contributed by atoms with Crippen LogP contribution >= 0.6 is 0 Å². The third kappa shape index (κ3) is 3.87. The summed E-state index contributed by atoms with van der Waals surface area (Å²) in [5, 5.41) is 12.1. The van der Waals surface area contributed by atoms with Crippen LogP contribution < -0.4 is 0 Å². The van der Waals surface area contributed by atoms with Crippen LogP contribution in [0, 0.1) is 0 Å². The molecule has 3 rings (SSSR count). The summed E-state index contributed by atoms with van der Waals surface area (Å²) in [6, 6.07) is 18.0. The van der Waals surface area contributed by atoms with Crippen LogP contribution in [0.2, 0.25) is 0 Å². The number of nitrogens with zero attached hydrogens (tertiary/aromatic N) is 1. The fourth-order valence-electron chi connectivity index (χ4n) is 4.61. The first-order valence-corrected chi connectivity index (χ1v) is 9.91. The number of rotatable bonds is 4. The Morgan fingerprint density at radius 1 is 0.846 bits per heavy atom. The Kier molecular flexibility index (Phi) is 5.28. The zero-order valence-corrected chi connectivity index (χ0v) is 16.9. The Hall–Kier alpha value is -1.64. The molecule has 0 spiro atoms. The van der Waals surface area contributed by atoms with Crippen LogP contribution in [0.25, 0.3) is 11.1 Å². The molecule has 26 heavy (non-hydrogen) atoms. The van der Waals surface area contributed by atoms with Crippen molar-refractivity contribution in [2.45, 2.75) is 77.3 Å². The topological polar surface area (TPSA) is 23.5 Å². The molecule has 0 radical (unpaired) electrons. The van der Waals surface area contributed by atoms with E-state index < -0.39 is 0 Å². The minimum atomic E-state index is -0.208. The maximum absolute atomic E-state index is 10.5. The van der Waals surface area contributed by atoms with Gasteiger partial charge in [0.1, 0.15) is 0 Å². The van der Waals surface area contributed by atoms with Crippen molar-refractivity contribution >= 4 is 0 Å². The van der Waals surface area contributed by atoms with Crippen molar-refractivity contribution in [2.75, 3.05) is 0 Å². The van der Waals surface area contributed by atoms with Crippen molar-refractivity contribution in [2.24, 2.45) is 0 Å². The monoisotopic (exact) mass is 351 g/mol. The first-order valence-electron chi connectivity index (χ1n) is 9.91. The molecule has 1 heterocycles. The minimum absolute atomic E-state index is 0.208. The lowest BCUT2D eigenvalue weighted by molar-refractivity contribution is -0.245. The molecule has 0 unspecified atom stereocenters. The predicted octanol–water partition coefficient (Wildman–Crippen LogP) is 6.43. The van der Waals surface area contributed by atoms with E-state index in [1.165, 1.54) is 28.7 Å². The van der Waals surface area contributed by atoms with Gasteiger partial charge in [0.25, 0.3) is 0 Å². The second kappa shape index (κ2) is 7.17. The molecule has 0 aromatic heterocycles. The zero-order chi connectivity index (χ0) is 18.9. The highest BCUT2D eigenvalue weighted by Crippen LogP contribution is 2.44. The van der Waals surface area contributed by atoms with Crippen molar-refractivity contribution in [1.82, 2.24) is 5.06 Å². The van der Waals surface area contributed by atoms with Crippen molar-refractivity contribution in [3.05, 3.63) is 59.7 Å². The zero-order valence-electron chi connectivity index (χ0n) is 16.9. The van der Waals surface area contributed by atoms with E-state index in [4.69, 9.17) is 0 Å². The van der Waals surface area contributed by atoms with Crippen LogP contribution in [-0.2, 0) is 6.42 Å². The maximum Gasteiger partial charge on any atom is 0.0416 e. The van der Waals surface area contributed by atoms with Crippen LogP contribution in [0.4, 0.5) is 0 Å². The van der Waals surface area contributed by atoms with Gasteiger partial charge in [-0.3, -0.25) is 0 Å². The van der Waals surface area contributed by atoms with Crippen LogP contribution in [0.15, 0.2) is 48.5 Å². The van der Waals surface area contributed by atoms with Crippen LogP contribution in [0.1, 0.15) is 70.9 Å². The van der Waals surface area contributed by atoms with Gasteiger partial charge >= 0.3 is 0 Å². The SMILES string of the molecule is CCCc1ccc(-c2ccc(C3CC(C)(C)N(O)C(C)(C)C3)cc2)cc1. The molecule has 140 valence electrons. The first-order chi connectivity index (χ1) is 12.2. The van der Waals surface area contributed by atoms with Crippen LogP contribution in [-0.4, -0.2) is 21.3 Å². The largest absolute Gasteiger partial charge is 0.313 e. The second-order valence-corrected chi connectivity index (χ2v) is 9.11. The van der Waals surface area contributed by atoms with Gasteiger partial charge in [-0.25, -0.2) is 0 Å². The molecule has 1 aliphatic rings. The number of hydrogen-bond acceptors (Lipinski definition) is 2. The molecular weight excluding hydrogens is 318 g/mol. The van der Waals surface area contributed by atoms with Gasteiger partial charge in [-0.15, -0.1) is 0 Å². The van der Waals surface area contributed by atoms with Gasteiger partial charge in [0.2, 0.25) is 0 Å². The van der Waals surface area contributed by atoms with E-state index in [2.05, 4.69) is 83.1 Å². The fourth-order valence-corrected chi connectivity index (χ4v) is 4.61. The minimum Gasteiger partial charge on any atom is -0.313 e. The number of hydroxylamine groups is 2. The number of aryl methyl sites for hydroxylation is 1. The van der Waals surface area contributed by atoms with Gasteiger partial charge in [-0.1, -0.05) is 61.9 Å². The van der Waals surface area contributed by atoms with Gasteiger partial charge in [0, 0.05) is 11.1 Å². The Balaban J connectivity index is 1.79. The smallest absolute Gasteiger partial charge is 0.0416 e. The molecule has 1 aliphatic heterocycles. The van der Waals surface area contributed by atoms with E-state index in [1.807, 2.05) is 0 Å². The summed E-state index contributed by atoms with van der Waals surface area (Å²) in [4.78, 5) is 0. The Morgan fingerprint density at radius 2 is 1.31 bits per heavy atom. The molecule has 1 fully saturated rings. The number of hydrogen-bond donors (Lipinski definition) is 1. The molecule has 1 N–H and O–H groups in total. The lowest BCUT2D eigenvalue weighted by Crippen LogP contribution is -2.58. The van der Waals surface area contributed by atoms with E-state index in [1.54, 1.807) is 5.06 Å². The van der Waals surface area contributed by atoms with E-state index in [0.717, 1.165) is 19.3 Å². The second-order valence-electron chi connectivity index (χ2n) is 9.11. The highest BCUT2D eigenvalue weighted by atomic mass is 16.5. The molecule has 0 bridgehead atoms. The lowest BCUT2D eigenvalue weighted by Gasteiger charge is -2.51. The fraction of sp³-hybridized carbons (Fsp3) is 0.500. The number of benzene rings is 2. The molecule has 2 aromatic carbocycles. The quantitative estimate of drug-likeness (QED) is 0.686. The van der Waals surface area contributed by atoms with E-state index in [0.29, 0.717) is 5.92 Å². The third-order valence-corrected chi connectivity index (χ3v) is 5.85. The van der Waals surface area contributed by atoms with Crippen molar-refractivity contribution in [1.29, 1.82) is 0 Å². The highest BCUT2D eigenvalue weighted by molar-refractivity contribution is 5.64. The Morgan fingerprint density at radius 3 is 1.77 bits per heavy atom. The van der Waals surface area contributed by atoms with Crippen LogP contribution in [0.5, 0.6) is 0 Å². The first kappa shape index (κ1) is 19.1. The molecule has 1 saturated heterocycles. The lowest BCUT2D eigenvalue weighted by atomic mass is 9.72. The molecule has 0 amide bonds. The molecule has 0 atom stereocenters. The van der Waals surface area contributed by atoms with Crippen molar-refractivity contribution in [3.63, 3.8) is 0 Å². The van der Waals surface area contributed by atoms with E-state index in [-0.39, 0.29) is 11.1 Å². The van der Waals surface area contributed by atoms with E-state index in [9.17, 15) is 5.21 Å². The molecule has 2 nitrogen and oxygen atoms in total. The van der Waals surface area contributed by atoms with Gasteiger partial charge in [0.05, 0.1) is 0 Å². The van der Waals surface area contributed by atoms with Gasteiger partial charge in [-0.05, 0) is 75.1 Å². The maximum atomic E-state index is 10.5. The van der Waals surface area contributed by atoms with Crippen molar-refractivity contribution in [3.8, 4) is 11.1 Å². The highest BCUT2D eigenvalue weighted by Gasteiger charge is 2.45. The average molecular weight is 352 g/mol. The van der Waals surface area contributed by atoms with Gasteiger partial charge in [-0.2, -0.15) is 5.06 Å². The Labute approximate surface area is 158 Å². The summed E-state index contributed by atoms with van der Waals surface area (Å²) in [6.07, 6.45) is 4.28. The summed E-state index contributed by atoms with van der Waals surface area (Å²) >= 11 is 0.